The number of amides is 1. The Morgan fingerprint density at radius 2 is 1.93 bits per heavy atom. The van der Waals surface area contributed by atoms with Crippen molar-refractivity contribution in [3.05, 3.63) is 52.7 Å². The van der Waals surface area contributed by atoms with Gasteiger partial charge >= 0.3 is 11.9 Å². The van der Waals surface area contributed by atoms with Gasteiger partial charge in [-0.2, -0.15) is 5.26 Å². The van der Waals surface area contributed by atoms with E-state index in [1.54, 1.807) is 38.1 Å². The van der Waals surface area contributed by atoms with Crippen LogP contribution in [0.4, 0.5) is 5.69 Å². The fourth-order valence-corrected chi connectivity index (χ4v) is 3.19. The molecule has 2 rings (SSSR count). The molecule has 1 N–H and O–H groups in total. The molecule has 0 saturated carbocycles. The molecule has 9 heteroatoms. The Hall–Kier alpha value is -3.38. The normalized spacial score (nSPS) is 10.0. The first kappa shape index (κ1) is 21.9. The molecule has 0 radical (unpaired) electrons. The van der Waals surface area contributed by atoms with Crippen molar-refractivity contribution in [1.29, 1.82) is 5.26 Å². The fourth-order valence-electron chi connectivity index (χ4n) is 2.39. The topological polar surface area (TPSA) is 118 Å². The lowest BCUT2D eigenvalue weighted by atomic mass is 10.1. The number of hydrogen-bond donors (Lipinski definition) is 1. The summed E-state index contributed by atoms with van der Waals surface area (Å²) >= 11 is 1.05. The highest BCUT2D eigenvalue weighted by Crippen LogP contribution is 2.24. The van der Waals surface area contributed by atoms with Crippen LogP contribution < -0.4 is 5.32 Å². The van der Waals surface area contributed by atoms with E-state index in [0.717, 1.165) is 11.8 Å². The van der Waals surface area contributed by atoms with Gasteiger partial charge in [-0.1, -0.05) is 23.9 Å². The zero-order valence-electron chi connectivity index (χ0n) is 16.1. The molecule has 0 bridgehead atoms. The van der Waals surface area contributed by atoms with Crippen LogP contribution >= 0.6 is 11.8 Å². The van der Waals surface area contributed by atoms with Crippen molar-refractivity contribution in [3.63, 3.8) is 0 Å². The van der Waals surface area contributed by atoms with E-state index in [1.807, 2.05) is 6.07 Å². The van der Waals surface area contributed by atoms with Crippen molar-refractivity contribution >= 4 is 35.3 Å². The minimum absolute atomic E-state index is 0.0462. The number of nitrogens with zero attached hydrogens (tertiary/aromatic N) is 2. The van der Waals surface area contributed by atoms with Crippen LogP contribution in [0.2, 0.25) is 0 Å². The lowest BCUT2D eigenvalue weighted by molar-refractivity contribution is -0.113. The summed E-state index contributed by atoms with van der Waals surface area (Å²) in [7, 11) is 1.26. The highest BCUT2D eigenvalue weighted by atomic mass is 32.2. The largest absolute Gasteiger partial charge is 0.465 e. The number of carbonyl (C=O) groups excluding carboxylic acids is 3. The number of anilines is 1. The fraction of sp³-hybridized carbons (Fsp3) is 0.250. The summed E-state index contributed by atoms with van der Waals surface area (Å²) in [5.74, 6) is -1.55. The highest BCUT2D eigenvalue weighted by molar-refractivity contribution is 8.00. The summed E-state index contributed by atoms with van der Waals surface area (Å²) in [6, 6.07) is 9.87. The number of aryl methyl sites for hydroxylation is 1. The number of rotatable bonds is 7. The molecule has 0 saturated heterocycles. The zero-order chi connectivity index (χ0) is 21.4. The summed E-state index contributed by atoms with van der Waals surface area (Å²) < 4.78 is 9.66. The lowest BCUT2D eigenvalue weighted by Gasteiger charge is -2.11. The van der Waals surface area contributed by atoms with Crippen LogP contribution in [-0.2, 0) is 14.3 Å². The summed E-state index contributed by atoms with van der Waals surface area (Å²) in [6.45, 7) is 3.53. The van der Waals surface area contributed by atoms with Crippen molar-refractivity contribution in [2.24, 2.45) is 0 Å². The Morgan fingerprint density at radius 3 is 2.59 bits per heavy atom. The van der Waals surface area contributed by atoms with Gasteiger partial charge in [0, 0.05) is 0 Å². The minimum Gasteiger partial charge on any atom is -0.465 e. The van der Waals surface area contributed by atoms with Gasteiger partial charge in [0.15, 0.2) is 0 Å². The van der Waals surface area contributed by atoms with Gasteiger partial charge in [0.2, 0.25) is 5.91 Å². The van der Waals surface area contributed by atoms with Crippen molar-refractivity contribution < 1.29 is 23.9 Å². The van der Waals surface area contributed by atoms with E-state index in [0.29, 0.717) is 16.4 Å². The molecule has 0 aliphatic rings. The SMILES string of the molecule is CCOC(=O)c1cc(C#N)c(SCC(=O)Nc2ccccc2C(=O)OC)nc1C. The number of ether oxygens (including phenoxy) is 2. The van der Waals surface area contributed by atoms with E-state index in [2.05, 4.69) is 10.3 Å². The Bertz CT molecular complexity index is 985. The van der Waals surface area contributed by atoms with E-state index < -0.39 is 11.9 Å². The molecule has 1 aromatic heterocycles. The number of carbonyl (C=O) groups is 3. The summed E-state index contributed by atoms with van der Waals surface area (Å²) in [6.07, 6.45) is 0. The lowest BCUT2D eigenvalue weighted by Crippen LogP contribution is -2.17. The van der Waals surface area contributed by atoms with E-state index in [-0.39, 0.29) is 35.0 Å². The molecule has 150 valence electrons. The van der Waals surface area contributed by atoms with Gasteiger partial charge in [-0.05, 0) is 32.0 Å². The van der Waals surface area contributed by atoms with Crippen molar-refractivity contribution in [1.82, 2.24) is 4.98 Å². The number of esters is 2. The standard InChI is InChI=1S/C20H19N3O5S/c1-4-28-20(26)15-9-13(10-21)18(22-12(15)2)29-11-17(24)23-16-8-6-5-7-14(16)19(25)27-3/h5-9H,4,11H2,1-3H3,(H,23,24). The highest BCUT2D eigenvalue weighted by Gasteiger charge is 2.18. The van der Waals surface area contributed by atoms with Crippen LogP contribution in [0.1, 0.15) is 38.9 Å². The third-order valence-corrected chi connectivity index (χ3v) is 4.73. The maximum atomic E-state index is 12.3. The number of pyridine rings is 1. The summed E-state index contributed by atoms with van der Waals surface area (Å²) in [5.41, 5.74) is 1.35. The Kier molecular flexibility index (Phi) is 7.74. The molecule has 0 fully saturated rings. The van der Waals surface area contributed by atoms with Crippen LogP contribution in [0.5, 0.6) is 0 Å². The Morgan fingerprint density at radius 1 is 1.21 bits per heavy atom. The quantitative estimate of drug-likeness (QED) is 0.544. The summed E-state index contributed by atoms with van der Waals surface area (Å²) in [5, 5.41) is 12.3. The van der Waals surface area contributed by atoms with Crippen LogP contribution in [0.25, 0.3) is 0 Å². The number of nitriles is 1. The maximum Gasteiger partial charge on any atom is 0.340 e. The first-order valence-electron chi connectivity index (χ1n) is 8.60. The predicted octanol–water partition coefficient (Wildman–Crippen LogP) is 2.96. The molecule has 0 spiro atoms. The number of nitrogens with one attached hydrogen (secondary N) is 1. The monoisotopic (exact) mass is 413 g/mol. The van der Waals surface area contributed by atoms with Crippen molar-refractivity contribution in [2.75, 3.05) is 24.8 Å². The van der Waals surface area contributed by atoms with Gasteiger partial charge < -0.3 is 14.8 Å². The van der Waals surface area contributed by atoms with E-state index in [1.165, 1.54) is 13.2 Å². The predicted molar refractivity (Wildman–Crippen MR) is 107 cm³/mol. The Labute approximate surface area is 172 Å². The van der Waals surface area contributed by atoms with Crippen molar-refractivity contribution in [2.45, 2.75) is 18.9 Å². The van der Waals surface area contributed by atoms with Crippen LogP contribution in [0.3, 0.4) is 0 Å². The van der Waals surface area contributed by atoms with Crippen molar-refractivity contribution in [3.8, 4) is 6.07 Å². The number of aromatic nitrogens is 1. The van der Waals surface area contributed by atoms with Gasteiger partial charge in [0.1, 0.15) is 11.1 Å². The smallest absolute Gasteiger partial charge is 0.340 e. The molecular weight excluding hydrogens is 394 g/mol. The Balaban J connectivity index is 2.13. The number of thioether (sulfide) groups is 1. The van der Waals surface area contributed by atoms with Gasteiger partial charge in [0.05, 0.1) is 47.5 Å². The van der Waals surface area contributed by atoms with Gasteiger partial charge in [-0.25, -0.2) is 14.6 Å². The first-order valence-corrected chi connectivity index (χ1v) is 9.58. The maximum absolute atomic E-state index is 12.3. The number of methoxy groups -OCH3 is 1. The number of para-hydroxylation sites is 1. The van der Waals surface area contributed by atoms with Crippen LogP contribution in [0.15, 0.2) is 35.4 Å². The third kappa shape index (κ3) is 5.56. The molecule has 8 nitrogen and oxygen atoms in total. The first-order chi connectivity index (χ1) is 13.9. The number of benzene rings is 1. The third-order valence-electron chi connectivity index (χ3n) is 3.74. The molecule has 1 aromatic carbocycles. The number of hydrogen-bond acceptors (Lipinski definition) is 8. The molecule has 1 heterocycles. The average Bonchev–Trinajstić information content (AvgIpc) is 2.72. The van der Waals surface area contributed by atoms with Gasteiger partial charge in [-0.15, -0.1) is 0 Å². The van der Waals surface area contributed by atoms with Crippen LogP contribution in [-0.4, -0.2) is 42.3 Å². The average molecular weight is 413 g/mol. The minimum atomic E-state index is -0.563. The second-order valence-electron chi connectivity index (χ2n) is 5.68. The molecule has 0 aliphatic carbocycles. The molecule has 0 unspecified atom stereocenters. The molecule has 29 heavy (non-hydrogen) atoms. The van der Waals surface area contributed by atoms with Gasteiger partial charge in [0.25, 0.3) is 0 Å². The van der Waals surface area contributed by atoms with E-state index in [4.69, 9.17) is 9.47 Å². The molecular formula is C20H19N3O5S. The summed E-state index contributed by atoms with van der Waals surface area (Å²) in [4.78, 5) is 40.3. The molecule has 1 amide bonds. The molecule has 0 aliphatic heterocycles. The molecule has 0 atom stereocenters. The molecule has 2 aromatic rings. The zero-order valence-corrected chi connectivity index (χ0v) is 17.0. The van der Waals surface area contributed by atoms with E-state index in [9.17, 15) is 19.6 Å². The van der Waals surface area contributed by atoms with E-state index >= 15 is 0 Å². The second-order valence-corrected chi connectivity index (χ2v) is 6.64. The van der Waals surface area contributed by atoms with Gasteiger partial charge in [-0.3, -0.25) is 4.79 Å². The van der Waals surface area contributed by atoms with Crippen LogP contribution in [0, 0.1) is 18.3 Å². The second kappa shape index (κ2) is 10.2.